The van der Waals surface area contributed by atoms with Crippen LogP contribution in [0.5, 0.6) is 0 Å². The maximum Gasteiger partial charge on any atom is 0.312 e. The maximum atomic E-state index is 12.7. The van der Waals surface area contributed by atoms with Crippen LogP contribution < -0.4 is 0 Å². The summed E-state index contributed by atoms with van der Waals surface area (Å²) < 4.78 is 1.41. The Hall–Kier alpha value is -2.70. The van der Waals surface area contributed by atoms with Gasteiger partial charge in [0.25, 0.3) is 0 Å². The standard InChI is InChI=1S/C17H22N4O3/c1-12(2)19(10-15-8-6-5-7-9-15)16(22)11-20-14(4)17(21(23)24)13(3)18-20/h5-9,12H,10-11H2,1-4H3. The van der Waals surface area contributed by atoms with Crippen molar-refractivity contribution in [3.05, 3.63) is 57.4 Å². The summed E-state index contributed by atoms with van der Waals surface area (Å²) in [6.07, 6.45) is 0. The minimum Gasteiger partial charge on any atom is -0.334 e. The van der Waals surface area contributed by atoms with Gasteiger partial charge in [0.15, 0.2) is 0 Å². The third-order valence-corrected chi connectivity index (χ3v) is 3.95. The summed E-state index contributed by atoms with van der Waals surface area (Å²) >= 11 is 0. The van der Waals surface area contributed by atoms with E-state index in [1.807, 2.05) is 44.2 Å². The highest BCUT2D eigenvalue weighted by molar-refractivity contribution is 5.76. The van der Waals surface area contributed by atoms with Gasteiger partial charge in [-0.15, -0.1) is 0 Å². The van der Waals surface area contributed by atoms with Crippen LogP contribution in [0, 0.1) is 24.0 Å². The van der Waals surface area contributed by atoms with Crippen molar-refractivity contribution in [2.45, 2.75) is 46.8 Å². The van der Waals surface area contributed by atoms with Crippen LogP contribution in [0.15, 0.2) is 30.3 Å². The van der Waals surface area contributed by atoms with E-state index < -0.39 is 4.92 Å². The van der Waals surface area contributed by atoms with Crippen LogP contribution in [0.1, 0.15) is 30.8 Å². The fourth-order valence-electron chi connectivity index (χ4n) is 2.66. The summed E-state index contributed by atoms with van der Waals surface area (Å²) in [5, 5.41) is 15.2. The first-order chi connectivity index (χ1) is 11.3. The van der Waals surface area contributed by atoms with Crippen molar-refractivity contribution < 1.29 is 9.72 Å². The lowest BCUT2D eigenvalue weighted by molar-refractivity contribution is -0.386. The van der Waals surface area contributed by atoms with Crippen LogP contribution in [0.4, 0.5) is 5.69 Å². The number of aryl methyl sites for hydroxylation is 1. The van der Waals surface area contributed by atoms with Crippen LogP contribution in [0.25, 0.3) is 0 Å². The zero-order valence-corrected chi connectivity index (χ0v) is 14.4. The van der Waals surface area contributed by atoms with Gasteiger partial charge in [-0.3, -0.25) is 19.6 Å². The summed E-state index contributed by atoms with van der Waals surface area (Å²) in [5.41, 5.74) is 1.74. The molecule has 0 unspecified atom stereocenters. The summed E-state index contributed by atoms with van der Waals surface area (Å²) in [6.45, 7) is 7.58. The van der Waals surface area contributed by atoms with Crippen LogP contribution in [-0.2, 0) is 17.9 Å². The molecule has 2 aromatic rings. The second-order valence-corrected chi connectivity index (χ2v) is 6.04. The molecule has 0 N–H and O–H groups in total. The lowest BCUT2D eigenvalue weighted by atomic mass is 10.2. The van der Waals surface area contributed by atoms with Gasteiger partial charge in [0.05, 0.1) is 4.92 Å². The largest absolute Gasteiger partial charge is 0.334 e. The fourth-order valence-corrected chi connectivity index (χ4v) is 2.66. The van der Waals surface area contributed by atoms with Crippen molar-refractivity contribution in [1.29, 1.82) is 0 Å². The molecule has 0 fully saturated rings. The lowest BCUT2D eigenvalue weighted by Gasteiger charge is -2.27. The predicted octanol–water partition coefficient (Wildman–Crippen LogP) is 2.85. The molecule has 0 aliphatic carbocycles. The number of aromatic nitrogens is 2. The van der Waals surface area contributed by atoms with E-state index in [0.29, 0.717) is 17.9 Å². The number of rotatable bonds is 6. The van der Waals surface area contributed by atoms with Gasteiger partial charge in [0.1, 0.15) is 17.9 Å². The van der Waals surface area contributed by atoms with Gasteiger partial charge in [0.2, 0.25) is 5.91 Å². The molecule has 24 heavy (non-hydrogen) atoms. The average molecular weight is 330 g/mol. The van der Waals surface area contributed by atoms with E-state index >= 15 is 0 Å². The number of amides is 1. The first kappa shape index (κ1) is 17.7. The van der Waals surface area contributed by atoms with Crippen LogP contribution in [0.3, 0.4) is 0 Å². The zero-order chi connectivity index (χ0) is 17.9. The quantitative estimate of drug-likeness (QED) is 0.602. The average Bonchev–Trinajstić information content (AvgIpc) is 2.79. The summed E-state index contributed by atoms with van der Waals surface area (Å²) in [7, 11) is 0. The molecule has 128 valence electrons. The Kier molecular flexibility index (Phi) is 5.33. The minimum atomic E-state index is -0.456. The smallest absolute Gasteiger partial charge is 0.312 e. The molecule has 7 nitrogen and oxygen atoms in total. The van der Waals surface area contributed by atoms with E-state index in [4.69, 9.17) is 0 Å². The molecule has 0 saturated carbocycles. The molecular formula is C17H22N4O3. The van der Waals surface area contributed by atoms with Gasteiger partial charge in [-0.05, 0) is 33.3 Å². The second kappa shape index (κ2) is 7.25. The van der Waals surface area contributed by atoms with Gasteiger partial charge in [-0.2, -0.15) is 5.10 Å². The van der Waals surface area contributed by atoms with Crippen LogP contribution >= 0.6 is 0 Å². The number of carbonyl (C=O) groups excluding carboxylic acids is 1. The van der Waals surface area contributed by atoms with Crippen molar-refractivity contribution in [2.75, 3.05) is 0 Å². The summed E-state index contributed by atoms with van der Waals surface area (Å²) in [5.74, 6) is -0.116. The van der Waals surface area contributed by atoms with Gasteiger partial charge >= 0.3 is 5.69 Å². The molecule has 0 aliphatic heterocycles. The predicted molar refractivity (Wildman–Crippen MR) is 90.5 cm³/mol. The van der Waals surface area contributed by atoms with Crippen molar-refractivity contribution in [2.24, 2.45) is 0 Å². The number of hydrogen-bond acceptors (Lipinski definition) is 4. The molecule has 0 aliphatic rings. The van der Waals surface area contributed by atoms with Crippen molar-refractivity contribution in [3.63, 3.8) is 0 Å². The Bertz CT molecular complexity index is 738. The van der Waals surface area contributed by atoms with E-state index in [0.717, 1.165) is 5.56 Å². The second-order valence-electron chi connectivity index (χ2n) is 6.04. The molecule has 0 spiro atoms. The molecule has 0 radical (unpaired) electrons. The third-order valence-electron chi connectivity index (χ3n) is 3.95. The van der Waals surface area contributed by atoms with E-state index in [2.05, 4.69) is 5.10 Å². The molecular weight excluding hydrogens is 308 g/mol. The Morgan fingerprint density at radius 1 is 1.29 bits per heavy atom. The normalized spacial score (nSPS) is 10.9. The molecule has 0 atom stereocenters. The first-order valence-electron chi connectivity index (χ1n) is 7.83. The molecule has 1 amide bonds. The van der Waals surface area contributed by atoms with Crippen LogP contribution in [-0.4, -0.2) is 31.6 Å². The molecule has 1 heterocycles. The summed E-state index contributed by atoms with van der Waals surface area (Å²) in [4.78, 5) is 25.1. The number of nitro groups is 1. The molecule has 1 aromatic heterocycles. The third kappa shape index (κ3) is 3.79. The molecule has 1 aromatic carbocycles. The van der Waals surface area contributed by atoms with Crippen molar-refractivity contribution >= 4 is 11.6 Å². The zero-order valence-electron chi connectivity index (χ0n) is 14.4. The number of benzene rings is 1. The highest BCUT2D eigenvalue weighted by atomic mass is 16.6. The maximum absolute atomic E-state index is 12.7. The van der Waals surface area contributed by atoms with Gasteiger partial charge in [-0.1, -0.05) is 30.3 Å². The number of nitrogens with zero attached hydrogens (tertiary/aromatic N) is 4. The lowest BCUT2D eigenvalue weighted by Crippen LogP contribution is -2.38. The van der Waals surface area contributed by atoms with Gasteiger partial charge < -0.3 is 4.90 Å². The number of hydrogen-bond donors (Lipinski definition) is 0. The van der Waals surface area contributed by atoms with Gasteiger partial charge in [0, 0.05) is 12.6 Å². The number of carbonyl (C=O) groups is 1. The highest BCUT2D eigenvalue weighted by Crippen LogP contribution is 2.22. The van der Waals surface area contributed by atoms with E-state index in [-0.39, 0.29) is 24.2 Å². The molecule has 2 rings (SSSR count). The van der Waals surface area contributed by atoms with Crippen LogP contribution in [0.2, 0.25) is 0 Å². The van der Waals surface area contributed by atoms with Gasteiger partial charge in [-0.25, -0.2) is 0 Å². The molecule has 0 saturated heterocycles. The topological polar surface area (TPSA) is 81.3 Å². The van der Waals surface area contributed by atoms with E-state index in [1.54, 1.807) is 18.7 Å². The summed E-state index contributed by atoms with van der Waals surface area (Å²) in [6, 6.07) is 9.75. The van der Waals surface area contributed by atoms with Crippen molar-refractivity contribution in [3.8, 4) is 0 Å². The Labute approximate surface area is 141 Å². The van der Waals surface area contributed by atoms with E-state index in [9.17, 15) is 14.9 Å². The SMILES string of the molecule is Cc1nn(CC(=O)N(Cc2ccccc2)C(C)C)c(C)c1[N+](=O)[O-]. The van der Waals surface area contributed by atoms with E-state index in [1.165, 1.54) is 4.68 Å². The fraction of sp³-hybridized carbons (Fsp3) is 0.412. The monoisotopic (exact) mass is 330 g/mol. The molecule has 7 heteroatoms. The highest BCUT2D eigenvalue weighted by Gasteiger charge is 2.25. The molecule has 0 bridgehead atoms. The Morgan fingerprint density at radius 3 is 2.42 bits per heavy atom. The first-order valence-corrected chi connectivity index (χ1v) is 7.83. The van der Waals surface area contributed by atoms with Crippen molar-refractivity contribution in [1.82, 2.24) is 14.7 Å². The minimum absolute atomic E-state index is 0.00841. The Morgan fingerprint density at radius 2 is 1.92 bits per heavy atom. The Balaban J connectivity index is 2.20.